The fourth-order valence-electron chi connectivity index (χ4n) is 1.18. The third kappa shape index (κ3) is 19.4. The zero-order valence-corrected chi connectivity index (χ0v) is 15.2. The van der Waals surface area contributed by atoms with E-state index in [-0.39, 0.29) is 0 Å². The molecule has 134 valence electrons. The average molecular weight is 365 g/mol. The van der Waals surface area contributed by atoms with Gasteiger partial charge in [-0.15, -0.1) is 0 Å². The van der Waals surface area contributed by atoms with Crippen LogP contribution in [-0.2, 0) is 9.59 Å². The number of nitrogens with one attached hydrogen (secondary N) is 3. The highest BCUT2D eigenvalue weighted by Crippen LogP contribution is 1.64. The molecule has 0 aromatic rings. The fourth-order valence-corrected chi connectivity index (χ4v) is 1.18. The van der Waals surface area contributed by atoms with E-state index in [0.29, 0.717) is 32.6 Å². The minimum absolute atomic E-state index is 0.419. The van der Waals surface area contributed by atoms with Gasteiger partial charge in [0.2, 0.25) is 6.41 Å². The minimum atomic E-state index is -0.433. The number of carbonyl (C=O) groups is 2. The second kappa shape index (κ2) is 20.4. The summed E-state index contributed by atoms with van der Waals surface area (Å²) in [6, 6.07) is 0. The predicted octanol–water partition coefficient (Wildman–Crippen LogP) is -1.51. The minimum Gasteiger partial charge on any atom is -0.357 e. The number of hydrogen-bond acceptors (Lipinski definition) is 3. The second-order valence-electron chi connectivity index (χ2n) is 4.20. The average Bonchev–Trinajstić information content (AvgIpc) is 2.70. The molecule has 0 atom stereocenters. The van der Waals surface area contributed by atoms with Gasteiger partial charge in [-0.2, -0.15) is 0 Å². The lowest BCUT2D eigenvalue weighted by Gasteiger charge is -2.03. The maximum atomic E-state index is 11.4. The van der Waals surface area contributed by atoms with Crippen LogP contribution < -0.4 is 16.0 Å². The van der Waals surface area contributed by atoms with Crippen molar-refractivity contribution in [3.63, 3.8) is 0 Å². The van der Waals surface area contributed by atoms with Crippen molar-refractivity contribution in [3.8, 4) is 94.7 Å². The Morgan fingerprint density at radius 1 is 0.679 bits per heavy atom. The molecule has 28 heavy (non-hydrogen) atoms. The molecule has 0 aliphatic carbocycles. The highest BCUT2D eigenvalue weighted by Gasteiger charge is 1.92. The summed E-state index contributed by atoms with van der Waals surface area (Å²) in [5.41, 5.74) is 0. The van der Waals surface area contributed by atoms with Crippen LogP contribution in [0.3, 0.4) is 0 Å². The summed E-state index contributed by atoms with van der Waals surface area (Å²) >= 11 is 0. The summed E-state index contributed by atoms with van der Waals surface area (Å²) in [6.45, 7) is 3.83. The summed E-state index contributed by atoms with van der Waals surface area (Å²) in [7, 11) is 0. The van der Waals surface area contributed by atoms with E-state index >= 15 is 0 Å². The Labute approximate surface area is 166 Å². The van der Waals surface area contributed by atoms with E-state index in [0.717, 1.165) is 0 Å². The van der Waals surface area contributed by atoms with Gasteiger partial charge in [0.15, 0.2) is 0 Å². The quantitative estimate of drug-likeness (QED) is 0.292. The molecule has 5 heteroatoms. The molecule has 3 N–H and O–H groups in total. The summed E-state index contributed by atoms with van der Waals surface area (Å²) in [6.07, 6.45) is 0.629. The molecule has 0 aliphatic rings. The molecule has 0 radical (unpaired) electrons. The zero-order valence-electron chi connectivity index (χ0n) is 15.2. The smallest absolute Gasteiger partial charge is 0.296 e. The lowest BCUT2D eigenvalue weighted by atomic mass is 10.4. The lowest BCUT2D eigenvalue weighted by Crippen LogP contribution is -2.34. The molecule has 0 fully saturated rings. The van der Waals surface area contributed by atoms with E-state index in [9.17, 15) is 9.59 Å². The maximum Gasteiger partial charge on any atom is 0.296 e. The van der Waals surface area contributed by atoms with Crippen LogP contribution in [0.1, 0.15) is 6.92 Å². The first kappa shape index (κ1) is 23.4. The molecule has 0 unspecified atom stereocenters. The number of hydrogen-bond donors (Lipinski definition) is 3. The van der Waals surface area contributed by atoms with Gasteiger partial charge in [0.25, 0.3) is 5.91 Å². The van der Waals surface area contributed by atoms with Crippen LogP contribution in [0.5, 0.6) is 0 Å². The summed E-state index contributed by atoms with van der Waals surface area (Å²) in [5.74, 6) is 39.2. The van der Waals surface area contributed by atoms with Gasteiger partial charge >= 0.3 is 0 Å². The normalized spacial score (nSPS) is 6.18. The van der Waals surface area contributed by atoms with Crippen molar-refractivity contribution in [3.05, 3.63) is 0 Å². The first-order chi connectivity index (χ1) is 13.8. The van der Waals surface area contributed by atoms with Crippen LogP contribution in [0.4, 0.5) is 0 Å². The van der Waals surface area contributed by atoms with Gasteiger partial charge in [0, 0.05) is 32.1 Å². The van der Waals surface area contributed by atoms with Gasteiger partial charge in [-0.1, -0.05) is 5.92 Å². The van der Waals surface area contributed by atoms with Gasteiger partial charge in [0.05, 0.1) is 0 Å². The van der Waals surface area contributed by atoms with Gasteiger partial charge in [-0.25, -0.2) is 0 Å². The van der Waals surface area contributed by atoms with Crippen LogP contribution in [0.2, 0.25) is 0 Å². The van der Waals surface area contributed by atoms with E-state index in [4.69, 9.17) is 0 Å². The summed E-state index contributed by atoms with van der Waals surface area (Å²) in [4.78, 5) is 21.4. The molecule has 0 spiro atoms. The Kier molecular flexibility index (Phi) is 17.1. The van der Waals surface area contributed by atoms with Crippen LogP contribution in [0.15, 0.2) is 0 Å². The molecular formula is C23H15N3O2. The van der Waals surface area contributed by atoms with E-state index in [2.05, 4.69) is 111 Å². The second-order valence-corrected chi connectivity index (χ2v) is 4.20. The first-order valence-corrected chi connectivity index (χ1v) is 7.89. The van der Waals surface area contributed by atoms with Crippen LogP contribution >= 0.6 is 0 Å². The van der Waals surface area contributed by atoms with E-state index < -0.39 is 5.91 Å². The third-order valence-corrected chi connectivity index (χ3v) is 2.23. The number of amides is 2. The topological polar surface area (TPSA) is 70.2 Å². The van der Waals surface area contributed by atoms with Crippen molar-refractivity contribution in [1.82, 2.24) is 16.0 Å². The monoisotopic (exact) mass is 365 g/mol. The first-order valence-electron chi connectivity index (χ1n) is 7.89. The summed E-state index contributed by atoms with van der Waals surface area (Å²) in [5, 5.41) is 8.13. The Morgan fingerprint density at radius 3 is 1.64 bits per heavy atom. The van der Waals surface area contributed by atoms with Crippen molar-refractivity contribution >= 4 is 12.3 Å². The Hall–Kier alpha value is -4.62. The predicted molar refractivity (Wildman–Crippen MR) is 108 cm³/mol. The van der Waals surface area contributed by atoms with Crippen LogP contribution in [-0.4, -0.2) is 38.5 Å². The molecule has 0 aromatic carbocycles. The SMILES string of the molecule is CC#CC#CC#CC#CC#CC#CC#CC#CC(=O)NCCNCCNC=O. The van der Waals surface area contributed by atoms with Gasteiger partial charge in [0.1, 0.15) is 0 Å². The van der Waals surface area contributed by atoms with E-state index in [1.165, 1.54) is 0 Å². The van der Waals surface area contributed by atoms with Gasteiger partial charge in [-0.05, 0) is 89.8 Å². The molecule has 0 heterocycles. The largest absolute Gasteiger partial charge is 0.357 e. The Morgan fingerprint density at radius 2 is 1.14 bits per heavy atom. The molecule has 2 amide bonds. The fraction of sp³-hybridized carbons (Fsp3) is 0.217. The molecule has 5 nitrogen and oxygen atoms in total. The molecule has 0 rings (SSSR count). The number of rotatable bonds is 7. The van der Waals surface area contributed by atoms with Crippen molar-refractivity contribution in [1.29, 1.82) is 0 Å². The molecule has 0 bridgehead atoms. The van der Waals surface area contributed by atoms with Crippen molar-refractivity contribution in [2.45, 2.75) is 6.92 Å². The molecule has 0 saturated heterocycles. The standard InChI is InChI=1S/C23H15N3O2/c1-2-3-4-5-6-7-8-9-10-11-12-13-14-15-16-17-23(28)26-21-20-24-18-19-25-22-27/h22,24H,18-21H2,1H3,(H,25,27)(H,26,28). The van der Waals surface area contributed by atoms with E-state index in [1.807, 2.05) is 0 Å². The highest BCUT2D eigenvalue weighted by molar-refractivity contribution is 5.94. The van der Waals surface area contributed by atoms with Crippen molar-refractivity contribution < 1.29 is 9.59 Å². The zero-order chi connectivity index (χ0) is 20.5. The summed E-state index contributed by atoms with van der Waals surface area (Å²) < 4.78 is 0. The van der Waals surface area contributed by atoms with Gasteiger partial charge in [-0.3, -0.25) is 9.59 Å². The molecule has 0 saturated carbocycles. The van der Waals surface area contributed by atoms with Gasteiger partial charge < -0.3 is 16.0 Å². The lowest BCUT2D eigenvalue weighted by molar-refractivity contribution is -0.115. The highest BCUT2D eigenvalue weighted by atomic mass is 16.1. The third-order valence-electron chi connectivity index (χ3n) is 2.23. The van der Waals surface area contributed by atoms with Crippen molar-refractivity contribution in [2.75, 3.05) is 26.2 Å². The Balaban J connectivity index is 4.09. The van der Waals surface area contributed by atoms with Crippen LogP contribution in [0.25, 0.3) is 0 Å². The Bertz CT molecular complexity index is 1040. The molecular weight excluding hydrogens is 350 g/mol. The molecule has 0 aliphatic heterocycles. The van der Waals surface area contributed by atoms with Crippen molar-refractivity contribution in [2.24, 2.45) is 0 Å². The maximum absolute atomic E-state index is 11.4. The molecule has 0 aromatic heterocycles. The van der Waals surface area contributed by atoms with Crippen LogP contribution in [0, 0.1) is 94.7 Å². The number of carbonyl (C=O) groups excluding carboxylic acids is 2. The van der Waals surface area contributed by atoms with E-state index in [1.54, 1.807) is 6.92 Å².